The highest BCUT2D eigenvalue weighted by Crippen LogP contribution is 2.19. The van der Waals surface area contributed by atoms with Gasteiger partial charge in [0.1, 0.15) is 11.3 Å². The minimum atomic E-state index is 0.209. The molecule has 0 unspecified atom stereocenters. The van der Waals surface area contributed by atoms with Gasteiger partial charge < -0.3 is 10.4 Å². The van der Waals surface area contributed by atoms with Crippen molar-refractivity contribution >= 4 is 34.3 Å². The zero-order valence-electron chi connectivity index (χ0n) is 11.7. The molecule has 3 rings (SSSR count). The quantitative estimate of drug-likeness (QED) is 0.696. The molecule has 0 aliphatic rings. The number of nitrogens with zero attached hydrogens (tertiary/aromatic N) is 3. The number of hydrogen-bond donors (Lipinski definition) is 2. The van der Waals surface area contributed by atoms with Crippen LogP contribution in [0.15, 0.2) is 42.7 Å². The lowest BCUT2D eigenvalue weighted by molar-refractivity contribution is 0.475. The normalized spacial score (nSPS) is 9.86. The summed E-state index contributed by atoms with van der Waals surface area (Å²) >= 11 is 5.88. The minimum absolute atomic E-state index is 0.209. The van der Waals surface area contributed by atoms with Crippen molar-refractivity contribution in [3.05, 3.63) is 47.7 Å². The lowest BCUT2D eigenvalue weighted by Gasteiger charge is -2.05. The fraction of sp³-hybridized carbons (Fsp3) is 0.133. The SMILES string of the molecule is CC.Oc1ccc(Nc2ncc3ncc(Cl)cc3n2)cc1. The van der Waals surface area contributed by atoms with Crippen LogP contribution in [0.3, 0.4) is 0 Å². The number of hydrogen-bond acceptors (Lipinski definition) is 5. The van der Waals surface area contributed by atoms with Crippen LogP contribution in [0.25, 0.3) is 11.0 Å². The highest BCUT2D eigenvalue weighted by molar-refractivity contribution is 6.31. The van der Waals surface area contributed by atoms with E-state index in [1.807, 2.05) is 13.8 Å². The standard InChI is InChI=1S/C13H9ClN4O.C2H6/c14-8-5-11-12(15-6-8)7-16-13(18-11)17-9-1-3-10(19)4-2-9;1-2/h1-7,19H,(H,16,17,18);1-2H3. The van der Waals surface area contributed by atoms with Gasteiger partial charge in [-0.25, -0.2) is 9.97 Å². The third-order valence-corrected chi connectivity index (χ3v) is 2.73. The van der Waals surface area contributed by atoms with E-state index in [1.165, 1.54) is 0 Å². The smallest absolute Gasteiger partial charge is 0.227 e. The minimum Gasteiger partial charge on any atom is -0.508 e. The van der Waals surface area contributed by atoms with Crippen molar-refractivity contribution in [3.8, 4) is 5.75 Å². The number of rotatable bonds is 2. The first-order chi connectivity index (χ1) is 10.2. The second-order valence-corrected chi connectivity index (χ2v) is 4.36. The molecule has 0 amide bonds. The Bertz CT molecular complexity index is 731. The number of phenols is 1. The summed E-state index contributed by atoms with van der Waals surface area (Å²) in [7, 11) is 0. The first-order valence-corrected chi connectivity index (χ1v) is 6.93. The molecule has 0 radical (unpaired) electrons. The number of phenolic OH excluding ortho intramolecular Hbond substituents is 1. The van der Waals surface area contributed by atoms with Crippen molar-refractivity contribution in [2.24, 2.45) is 0 Å². The van der Waals surface area contributed by atoms with E-state index < -0.39 is 0 Å². The number of pyridine rings is 1. The molecule has 108 valence electrons. The zero-order chi connectivity index (χ0) is 15.2. The van der Waals surface area contributed by atoms with Gasteiger partial charge in [-0.05, 0) is 30.3 Å². The van der Waals surface area contributed by atoms with Crippen LogP contribution in [0.2, 0.25) is 5.02 Å². The molecule has 3 aromatic rings. The van der Waals surface area contributed by atoms with Crippen molar-refractivity contribution in [3.63, 3.8) is 0 Å². The Morgan fingerprint density at radius 2 is 1.71 bits per heavy atom. The van der Waals surface area contributed by atoms with Crippen LogP contribution in [-0.4, -0.2) is 20.1 Å². The predicted octanol–water partition coefficient (Wildman–Crippen LogP) is 4.15. The summed E-state index contributed by atoms with van der Waals surface area (Å²) in [4.78, 5) is 12.6. The van der Waals surface area contributed by atoms with E-state index in [9.17, 15) is 5.11 Å². The maximum atomic E-state index is 9.21. The van der Waals surface area contributed by atoms with Crippen molar-refractivity contribution in [1.82, 2.24) is 15.0 Å². The van der Waals surface area contributed by atoms with E-state index in [2.05, 4.69) is 20.3 Å². The van der Waals surface area contributed by atoms with Crippen LogP contribution in [0.5, 0.6) is 5.75 Å². The summed E-state index contributed by atoms with van der Waals surface area (Å²) in [6.45, 7) is 4.00. The molecule has 0 spiro atoms. The van der Waals surface area contributed by atoms with Crippen LogP contribution in [0, 0.1) is 0 Å². The number of aromatic nitrogens is 3. The van der Waals surface area contributed by atoms with Crippen LogP contribution >= 0.6 is 11.6 Å². The van der Waals surface area contributed by atoms with Crippen LogP contribution in [0.1, 0.15) is 13.8 Å². The maximum absolute atomic E-state index is 9.21. The van der Waals surface area contributed by atoms with Crippen LogP contribution in [-0.2, 0) is 0 Å². The molecule has 21 heavy (non-hydrogen) atoms. The Hall–Kier alpha value is -2.40. The molecule has 0 fully saturated rings. The number of benzene rings is 1. The molecule has 2 heterocycles. The van der Waals surface area contributed by atoms with E-state index >= 15 is 0 Å². The van der Waals surface area contributed by atoms with Gasteiger partial charge in [-0.3, -0.25) is 4.98 Å². The predicted molar refractivity (Wildman–Crippen MR) is 85.1 cm³/mol. The molecule has 0 aliphatic carbocycles. The molecular formula is C15H15ClN4O. The topological polar surface area (TPSA) is 70.9 Å². The van der Waals surface area contributed by atoms with Crippen molar-refractivity contribution in [2.75, 3.05) is 5.32 Å². The second-order valence-electron chi connectivity index (χ2n) is 3.92. The molecule has 6 heteroatoms. The summed E-state index contributed by atoms with van der Waals surface area (Å²) < 4.78 is 0. The number of anilines is 2. The van der Waals surface area contributed by atoms with Crippen LogP contribution < -0.4 is 5.32 Å². The molecule has 5 nitrogen and oxygen atoms in total. The maximum Gasteiger partial charge on any atom is 0.227 e. The fourth-order valence-corrected chi connectivity index (χ4v) is 1.78. The average Bonchev–Trinajstić information content (AvgIpc) is 2.51. The largest absolute Gasteiger partial charge is 0.508 e. The van der Waals surface area contributed by atoms with Gasteiger partial charge in [0.15, 0.2) is 0 Å². The summed E-state index contributed by atoms with van der Waals surface area (Å²) in [5, 5.41) is 12.8. The van der Waals surface area contributed by atoms with Gasteiger partial charge >= 0.3 is 0 Å². The lowest BCUT2D eigenvalue weighted by atomic mass is 10.3. The third-order valence-electron chi connectivity index (χ3n) is 2.52. The molecule has 0 aliphatic heterocycles. The first-order valence-electron chi connectivity index (χ1n) is 6.55. The van der Waals surface area contributed by atoms with Gasteiger partial charge in [0.2, 0.25) is 5.95 Å². The molecule has 0 saturated heterocycles. The second kappa shape index (κ2) is 6.85. The lowest BCUT2D eigenvalue weighted by Crippen LogP contribution is -1.97. The molecule has 0 bridgehead atoms. The van der Waals surface area contributed by atoms with E-state index in [-0.39, 0.29) is 5.75 Å². The fourth-order valence-electron chi connectivity index (χ4n) is 1.63. The highest BCUT2D eigenvalue weighted by atomic mass is 35.5. The monoisotopic (exact) mass is 302 g/mol. The Kier molecular flexibility index (Phi) is 4.90. The Labute approximate surface area is 127 Å². The summed E-state index contributed by atoms with van der Waals surface area (Å²) in [5.41, 5.74) is 2.14. The highest BCUT2D eigenvalue weighted by Gasteiger charge is 2.02. The summed E-state index contributed by atoms with van der Waals surface area (Å²) in [5.74, 6) is 0.656. The van der Waals surface area contributed by atoms with Gasteiger partial charge in [0, 0.05) is 11.9 Å². The molecule has 2 N–H and O–H groups in total. The molecule has 0 atom stereocenters. The molecular weight excluding hydrogens is 288 g/mol. The summed E-state index contributed by atoms with van der Waals surface area (Å²) in [6.07, 6.45) is 3.18. The first kappa shape index (κ1) is 15.0. The number of halogens is 1. The Morgan fingerprint density at radius 3 is 2.43 bits per heavy atom. The van der Waals surface area contributed by atoms with E-state index in [0.717, 1.165) is 5.69 Å². The van der Waals surface area contributed by atoms with Gasteiger partial charge in [-0.1, -0.05) is 25.4 Å². The van der Waals surface area contributed by atoms with Gasteiger partial charge in [-0.2, -0.15) is 0 Å². The van der Waals surface area contributed by atoms with Gasteiger partial charge in [0.05, 0.1) is 16.7 Å². The molecule has 1 aromatic carbocycles. The number of nitrogens with one attached hydrogen (secondary N) is 1. The molecule has 0 saturated carbocycles. The zero-order valence-corrected chi connectivity index (χ0v) is 12.5. The van der Waals surface area contributed by atoms with E-state index in [1.54, 1.807) is 42.7 Å². The summed E-state index contributed by atoms with van der Waals surface area (Å²) in [6, 6.07) is 8.37. The third kappa shape index (κ3) is 3.79. The van der Waals surface area contributed by atoms with Crippen molar-refractivity contribution in [1.29, 1.82) is 0 Å². The van der Waals surface area contributed by atoms with E-state index in [0.29, 0.717) is 22.0 Å². The number of aromatic hydroxyl groups is 1. The molecule has 2 aromatic heterocycles. The Balaban J connectivity index is 0.000000774. The van der Waals surface area contributed by atoms with Crippen LogP contribution in [0.4, 0.5) is 11.6 Å². The van der Waals surface area contributed by atoms with E-state index in [4.69, 9.17) is 11.6 Å². The number of fused-ring (bicyclic) bond motifs is 1. The van der Waals surface area contributed by atoms with Crippen molar-refractivity contribution in [2.45, 2.75) is 13.8 Å². The van der Waals surface area contributed by atoms with Gasteiger partial charge in [0.25, 0.3) is 0 Å². The average molecular weight is 303 g/mol. The van der Waals surface area contributed by atoms with Gasteiger partial charge in [-0.15, -0.1) is 0 Å². The Morgan fingerprint density at radius 1 is 1.00 bits per heavy atom. The van der Waals surface area contributed by atoms with Crippen molar-refractivity contribution < 1.29 is 5.11 Å².